The van der Waals surface area contributed by atoms with E-state index in [-0.39, 0.29) is 29.9 Å². The minimum absolute atomic E-state index is 0. The molecular formula is C19H27ClIN5OS. The van der Waals surface area contributed by atoms with Gasteiger partial charge in [-0.15, -0.1) is 35.3 Å². The second-order valence-corrected chi connectivity index (χ2v) is 7.63. The van der Waals surface area contributed by atoms with Gasteiger partial charge in [0.05, 0.1) is 23.8 Å². The quantitative estimate of drug-likeness (QED) is 0.312. The Hall–Kier alpha value is -1.39. The smallest absolute Gasteiger partial charge is 0.226 e. The van der Waals surface area contributed by atoms with Crippen LogP contribution in [0.1, 0.15) is 29.6 Å². The number of carbonyl (C=O) groups is 1. The summed E-state index contributed by atoms with van der Waals surface area (Å²) < 4.78 is 0. The summed E-state index contributed by atoms with van der Waals surface area (Å²) in [6, 6.07) is 5.47. The molecule has 0 aliphatic rings. The fourth-order valence-corrected chi connectivity index (χ4v) is 3.27. The van der Waals surface area contributed by atoms with E-state index in [1.807, 2.05) is 44.9 Å². The summed E-state index contributed by atoms with van der Waals surface area (Å²) >= 11 is 7.73. The van der Waals surface area contributed by atoms with E-state index >= 15 is 0 Å². The highest BCUT2D eigenvalue weighted by molar-refractivity contribution is 14.0. The fourth-order valence-electron chi connectivity index (χ4n) is 2.49. The van der Waals surface area contributed by atoms with Crippen molar-refractivity contribution in [3.8, 4) is 0 Å². The van der Waals surface area contributed by atoms with Crippen molar-refractivity contribution in [3.05, 3.63) is 44.9 Å². The van der Waals surface area contributed by atoms with E-state index in [1.165, 1.54) is 0 Å². The minimum Gasteiger partial charge on any atom is -0.357 e. The number of halogens is 2. The zero-order valence-electron chi connectivity index (χ0n) is 16.6. The van der Waals surface area contributed by atoms with Gasteiger partial charge in [-0.25, -0.2) is 4.98 Å². The number of aromatic nitrogens is 1. The fraction of sp³-hybridized carbons (Fsp3) is 0.421. The SMILES string of the molecule is CCNC(=NCCC(=O)Nc1cccc(Cl)c1C)N(C)Cc1csc(C)n1.I. The molecule has 28 heavy (non-hydrogen) atoms. The normalized spacial score (nSPS) is 11.0. The van der Waals surface area contributed by atoms with Crippen LogP contribution in [0.2, 0.25) is 5.02 Å². The molecule has 2 N–H and O–H groups in total. The maximum atomic E-state index is 12.2. The molecule has 2 aromatic rings. The van der Waals surface area contributed by atoms with Crippen LogP contribution < -0.4 is 10.6 Å². The van der Waals surface area contributed by atoms with Gasteiger partial charge in [-0.2, -0.15) is 0 Å². The van der Waals surface area contributed by atoms with Crippen molar-refractivity contribution in [2.75, 3.05) is 25.5 Å². The van der Waals surface area contributed by atoms with E-state index in [0.29, 0.717) is 24.5 Å². The summed E-state index contributed by atoms with van der Waals surface area (Å²) in [5.41, 5.74) is 2.61. The second kappa shape index (κ2) is 12.2. The van der Waals surface area contributed by atoms with Gasteiger partial charge in [-0.05, 0) is 38.5 Å². The Balaban J connectivity index is 0.00000392. The Morgan fingerprint density at radius 1 is 1.36 bits per heavy atom. The number of nitrogens with one attached hydrogen (secondary N) is 2. The zero-order valence-corrected chi connectivity index (χ0v) is 20.5. The first-order valence-electron chi connectivity index (χ1n) is 8.86. The molecule has 0 atom stereocenters. The Morgan fingerprint density at radius 3 is 2.75 bits per heavy atom. The van der Waals surface area contributed by atoms with Crippen molar-refractivity contribution in [1.29, 1.82) is 0 Å². The number of aryl methyl sites for hydroxylation is 1. The number of anilines is 1. The number of guanidine groups is 1. The average molecular weight is 536 g/mol. The average Bonchev–Trinajstić information content (AvgIpc) is 3.03. The molecule has 1 amide bonds. The molecule has 0 aliphatic heterocycles. The third-order valence-corrected chi connectivity index (χ3v) is 5.14. The van der Waals surface area contributed by atoms with Crippen LogP contribution in [-0.4, -0.2) is 41.9 Å². The summed E-state index contributed by atoms with van der Waals surface area (Å²) in [5, 5.41) is 9.88. The summed E-state index contributed by atoms with van der Waals surface area (Å²) in [5.74, 6) is 0.674. The van der Waals surface area contributed by atoms with E-state index in [2.05, 4.69) is 26.0 Å². The van der Waals surface area contributed by atoms with Crippen LogP contribution in [0, 0.1) is 13.8 Å². The van der Waals surface area contributed by atoms with Gasteiger partial charge in [0.2, 0.25) is 5.91 Å². The second-order valence-electron chi connectivity index (χ2n) is 6.16. The van der Waals surface area contributed by atoms with E-state index in [9.17, 15) is 4.79 Å². The number of carbonyl (C=O) groups excluding carboxylic acids is 1. The molecule has 0 unspecified atom stereocenters. The highest BCUT2D eigenvalue weighted by atomic mass is 127. The van der Waals surface area contributed by atoms with E-state index in [0.717, 1.165) is 34.5 Å². The first-order chi connectivity index (χ1) is 12.9. The van der Waals surface area contributed by atoms with E-state index < -0.39 is 0 Å². The molecule has 1 heterocycles. The highest BCUT2D eigenvalue weighted by Crippen LogP contribution is 2.22. The molecule has 0 bridgehead atoms. The van der Waals surface area contributed by atoms with Crippen molar-refractivity contribution < 1.29 is 4.79 Å². The minimum atomic E-state index is -0.0854. The van der Waals surface area contributed by atoms with Crippen molar-refractivity contribution in [1.82, 2.24) is 15.2 Å². The number of amides is 1. The van der Waals surface area contributed by atoms with Crippen molar-refractivity contribution >= 4 is 64.5 Å². The number of aliphatic imine (C=N–C) groups is 1. The lowest BCUT2D eigenvalue weighted by Gasteiger charge is -2.21. The number of nitrogens with zero attached hydrogens (tertiary/aromatic N) is 3. The third-order valence-electron chi connectivity index (χ3n) is 3.90. The van der Waals surface area contributed by atoms with Crippen LogP contribution >= 0.6 is 46.9 Å². The highest BCUT2D eigenvalue weighted by Gasteiger charge is 2.10. The molecule has 6 nitrogen and oxygen atoms in total. The van der Waals surface area contributed by atoms with Gasteiger partial charge in [0.25, 0.3) is 0 Å². The number of thiazole rings is 1. The molecule has 0 saturated carbocycles. The molecule has 1 aromatic carbocycles. The van der Waals surface area contributed by atoms with Crippen LogP contribution in [0.25, 0.3) is 0 Å². The van der Waals surface area contributed by atoms with Crippen LogP contribution in [0.3, 0.4) is 0 Å². The maximum Gasteiger partial charge on any atom is 0.226 e. The molecule has 9 heteroatoms. The van der Waals surface area contributed by atoms with Crippen LogP contribution in [0.4, 0.5) is 5.69 Å². The lowest BCUT2D eigenvalue weighted by Crippen LogP contribution is -2.38. The van der Waals surface area contributed by atoms with Crippen molar-refractivity contribution in [2.24, 2.45) is 4.99 Å². The third kappa shape index (κ3) is 7.56. The molecule has 0 aliphatic carbocycles. The van der Waals surface area contributed by atoms with Crippen molar-refractivity contribution in [3.63, 3.8) is 0 Å². The molecule has 0 radical (unpaired) electrons. The molecule has 0 spiro atoms. The summed E-state index contributed by atoms with van der Waals surface area (Å²) in [4.78, 5) is 23.3. The van der Waals surface area contributed by atoms with Gasteiger partial charge in [0, 0.05) is 36.1 Å². The maximum absolute atomic E-state index is 12.2. The van der Waals surface area contributed by atoms with Gasteiger partial charge in [-0.3, -0.25) is 9.79 Å². The number of rotatable bonds is 7. The number of benzene rings is 1. The van der Waals surface area contributed by atoms with Gasteiger partial charge in [0.1, 0.15) is 0 Å². The molecular weight excluding hydrogens is 509 g/mol. The molecule has 2 rings (SSSR count). The molecule has 154 valence electrons. The first-order valence-corrected chi connectivity index (χ1v) is 10.1. The predicted octanol–water partition coefficient (Wildman–Crippen LogP) is 4.46. The number of hydrogen-bond acceptors (Lipinski definition) is 4. The Bertz CT molecular complexity index is 811. The number of hydrogen-bond donors (Lipinski definition) is 2. The summed E-state index contributed by atoms with van der Waals surface area (Å²) in [7, 11) is 1.96. The standard InChI is InChI=1S/C19H26ClN5OS.HI/c1-5-21-19(25(4)11-15-12-27-14(3)23-15)22-10-9-18(26)24-17-8-6-7-16(20)13(17)2;/h6-8,12H,5,9-11H2,1-4H3,(H,21,22)(H,24,26);1H. The van der Waals surface area contributed by atoms with Crippen LogP contribution in [0.5, 0.6) is 0 Å². The molecule has 1 aromatic heterocycles. The van der Waals surface area contributed by atoms with Gasteiger partial charge < -0.3 is 15.5 Å². The van der Waals surface area contributed by atoms with Gasteiger partial charge in [-0.1, -0.05) is 17.7 Å². The summed E-state index contributed by atoms with van der Waals surface area (Å²) in [6.07, 6.45) is 0.296. The first kappa shape index (κ1) is 24.6. The van der Waals surface area contributed by atoms with Gasteiger partial charge >= 0.3 is 0 Å². The zero-order chi connectivity index (χ0) is 19.8. The van der Waals surface area contributed by atoms with E-state index in [4.69, 9.17) is 11.6 Å². The molecule has 0 saturated heterocycles. The topological polar surface area (TPSA) is 69.6 Å². The Morgan fingerprint density at radius 2 is 2.11 bits per heavy atom. The van der Waals surface area contributed by atoms with Crippen LogP contribution in [-0.2, 0) is 11.3 Å². The largest absolute Gasteiger partial charge is 0.357 e. The summed E-state index contributed by atoms with van der Waals surface area (Å²) in [6.45, 7) is 7.72. The monoisotopic (exact) mass is 535 g/mol. The Labute approximate surface area is 192 Å². The lowest BCUT2D eigenvalue weighted by molar-refractivity contribution is -0.116. The van der Waals surface area contributed by atoms with Gasteiger partial charge in [0.15, 0.2) is 5.96 Å². The predicted molar refractivity (Wildman–Crippen MR) is 129 cm³/mol. The van der Waals surface area contributed by atoms with Crippen LogP contribution in [0.15, 0.2) is 28.6 Å². The van der Waals surface area contributed by atoms with E-state index in [1.54, 1.807) is 17.4 Å². The lowest BCUT2D eigenvalue weighted by atomic mass is 10.2. The Kier molecular flexibility index (Phi) is 10.8. The molecule has 0 fully saturated rings. The van der Waals surface area contributed by atoms with Crippen molar-refractivity contribution in [2.45, 2.75) is 33.7 Å².